The maximum atomic E-state index is 13.8. The minimum Gasteiger partial charge on any atom is -0.345 e. The van der Waals surface area contributed by atoms with Gasteiger partial charge in [-0.05, 0) is 28.1 Å². The summed E-state index contributed by atoms with van der Waals surface area (Å²) in [6.07, 6.45) is 2.27. The van der Waals surface area contributed by atoms with Crippen molar-refractivity contribution in [2.75, 3.05) is 0 Å². The number of nitrogens with one attached hydrogen (secondary N) is 1. The van der Waals surface area contributed by atoms with Crippen molar-refractivity contribution in [3.8, 4) is 0 Å². The third-order valence-electron chi connectivity index (χ3n) is 2.60. The number of alkyl halides is 2. The van der Waals surface area contributed by atoms with Crippen LogP contribution in [0.5, 0.6) is 0 Å². The van der Waals surface area contributed by atoms with E-state index in [0.29, 0.717) is 4.57 Å². The Morgan fingerprint density at radius 2 is 2.19 bits per heavy atom. The number of rotatable bonds is 4. The van der Waals surface area contributed by atoms with Gasteiger partial charge in [-0.3, -0.25) is 9.36 Å². The molecule has 0 bridgehead atoms. The molecule has 1 aromatic carbocycles. The lowest BCUT2D eigenvalue weighted by molar-refractivity contribution is 0.0660. The summed E-state index contributed by atoms with van der Waals surface area (Å²) in [5, 5.41) is 2.49. The lowest BCUT2D eigenvalue weighted by atomic mass is 10.2. The van der Waals surface area contributed by atoms with E-state index in [4.69, 9.17) is 11.6 Å². The first-order valence-corrected chi connectivity index (χ1v) is 6.80. The molecule has 0 spiro atoms. The fourth-order valence-electron chi connectivity index (χ4n) is 1.63. The quantitative estimate of drug-likeness (QED) is 0.819. The van der Waals surface area contributed by atoms with Crippen molar-refractivity contribution in [3.63, 3.8) is 0 Å². The molecule has 0 aliphatic heterocycles. The highest BCUT2D eigenvalue weighted by Crippen LogP contribution is 2.24. The van der Waals surface area contributed by atoms with E-state index in [1.807, 2.05) is 0 Å². The number of nitrogens with zero attached hydrogens (tertiary/aromatic N) is 2. The lowest BCUT2D eigenvalue weighted by Gasteiger charge is -2.09. The van der Waals surface area contributed by atoms with Crippen molar-refractivity contribution < 1.29 is 18.0 Å². The summed E-state index contributed by atoms with van der Waals surface area (Å²) in [5.74, 6) is -1.60. The number of hydrogen-bond donors (Lipinski definition) is 1. The fourth-order valence-corrected chi connectivity index (χ4v) is 2.44. The molecule has 0 unspecified atom stereocenters. The maximum Gasteiger partial charge on any atom is 0.319 e. The Labute approximate surface area is 131 Å². The van der Waals surface area contributed by atoms with Crippen LogP contribution in [0.4, 0.5) is 13.2 Å². The van der Waals surface area contributed by atoms with Crippen LogP contribution < -0.4 is 5.32 Å². The van der Waals surface area contributed by atoms with Gasteiger partial charge in [0.1, 0.15) is 11.6 Å². The molecule has 2 aromatic rings. The Bertz CT molecular complexity index is 678. The summed E-state index contributed by atoms with van der Waals surface area (Å²) < 4.78 is 39.6. The molecule has 1 amide bonds. The third-order valence-corrected chi connectivity index (χ3v) is 3.40. The van der Waals surface area contributed by atoms with Gasteiger partial charge in [0.25, 0.3) is 5.91 Å². The second-order valence-corrected chi connectivity index (χ2v) is 5.25. The van der Waals surface area contributed by atoms with Gasteiger partial charge in [0.05, 0.1) is 16.6 Å². The highest BCUT2D eigenvalue weighted by atomic mass is 79.9. The molecule has 0 saturated heterocycles. The van der Waals surface area contributed by atoms with Gasteiger partial charge in [-0.2, -0.15) is 8.78 Å². The molecular weight excluding hydrogens is 375 g/mol. The van der Waals surface area contributed by atoms with Crippen LogP contribution in [0, 0.1) is 5.82 Å². The van der Waals surface area contributed by atoms with Crippen molar-refractivity contribution in [3.05, 3.63) is 51.2 Å². The number of imidazole rings is 1. The zero-order valence-corrected chi connectivity index (χ0v) is 12.6. The average molecular weight is 383 g/mol. The van der Waals surface area contributed by atoms with Gasteiger partial charge in [-0.15, -0.1) is 0 Å². The molecule has 21 heavy (non-hydrogen) atoms. The zero-order chi connectivity index (χ0) is 15.6. The number of aromatic nitrogens is 2. The summed E-state index contributed by atoms with van der Waals surface area (Å²) in [4.78, 5) is 15.6. The van der Waals surface area contributed by atoms with Crippen molar-refractivity contribution >= 4 is 33.4 Å². The Morgan fingerprint density at radius 1 is 1.48 bits per heavy atom. The maximum absolute atomic E-state index is 13.8. The van der Waals surface area contributed by atoms with Crippen LogP contribution in [0.1, 0.15) is 22.7 Å². The molecule has 0 atom stereocenters. The van der Waals surface area contributed by atoms with Gasteiger partial charge in [-0.1, -0.05) is 11.6 Å². The van der Waals surface area contributed by atoms with Crippen LogP contribution in [0.15, 0.2) is 29.0 Å². The minimum absolute atomic E-state index is 0.0363. The first-order chi connectivity index (χ1) is 9.90. The second kappa shape index (κ2) is 6.48. The highest BCUT2D eigenvalue weighted by molar-refractivity contribution is 9.10. The summed E-state index contributed by atoms with van der Waals surface area (Å²) in [5.41, 5.74) is -0.287. The Morgan fingerprint density at radius 3 is 2.86 bits per heavy atom. The summed E-state index contributed by atoms with van der Waals surface area (Å²) >= 11 is 8.67. The van der Waals surface area contributed by atoms with Crippen LogP contribution in [0.2, 0.25) is 5.02 Å². The fraction of sp³-hybridized carbons (Fsp3) is 0.167. The van der Waals surface area contributed by atoms with Gasteiger partial charge in [-0.25, -0.2) is 9.37 Å². The normalized spacial score (nSPS) is 11.0. The predicted molar refractivity (Wildman–Crippen MR) is 73.8 cm³/mol. The monoisotopic (exact) mass is 381 g/mol. The number of hydrogen-bond acceptors (Lipinski definition) is 2. The number of carbonyl (C=O) groups excluding carboxylic acids is 1. The van der Waals surface area contributed by atoms with Crippen molar-refractivity contribution in [2.45, 2.75) is 13.1 Å². The number of amides is 1. The van der Waals surface area contributed by atoms with E-state index in [1.54, 1.807) is 0 Å². The van der Waals surface area contributed by atoms with E-state index in [0.717, 1.165) is 12.3 Å². The van der Waals surface area contributed by atoms with E-state index in [9.17, 15) is 18.0 Å². The van der Waals surface area contributed by atoms with Crippen molar-refractivity contribution in [1.29, 1.82) is 0 Å². The van der Waals surface area contributed by atoms with E-state index in [2.05, 4.69) is 26.2 Å². The zero-order valence-electron chi connectivity index (χ0n) is 10.3. The van der Waals surface area contributed by atoms with Gasteiger partial charge in [0.2, 0.25) is 0 Å². The molecule has 4 nitrogen and oxygen atoms in total. The van der Waals surface area contributed by atoms with Crippen LogP contribution in [0.3, 0.4) is 0 Å². The van der Waals surface area contributed by atoms with Crippen LogP contribution in [-0.2, 0) is 6.54 Å². The SMILES string of the molecule is O=C(NCc1nccn1C(F)F)c1cc(Cl)cc(Br)c1F. The first kappa shape index (κ1) is 15.8. The Balaban J connectivity index is 2.14. The molecule has 0 fully saturated rings. The standard InChI is InChI=1S/C12H8BrClF3N3O/c13-8-4-6(14)3-7(10(8)15)11(21)19-5-9-18-1-2-20(9)12(16)17/h1-4,12H,5H2,(H,19,21). The smallest absolute Gasteiger partial charge is 0.319 e. The Kier molecular flexibility index (Phi) is 4.89. The van der Waals surface area contributed by atoms with Gasteiger partial charge < -0.3 is 5.32 Å². The van der Waals surface area contributed by atoms with Gasteiger partial charge >= 0.3 is 6.55 Å². The minimum atomic E-state index is -2.77. The highest BCUT2D eigenvalue weighted by Gasteiger charge is 2.17. The van der Waals surface area contributed by atoms with E-state index < -0.39 is 18.3 Å². The van der Waals surface area contributed by atoms with E-state index in [-0.39, 0.29) is 27.4 Å². The van der Waals surface area contributed by atoms with Gasteiger partial charge in [0.15, 0.2) is 0 Å². The number of carbonyl (C=O) groups is 1. The van der Waals surface area contributed by atoms with Gasteiger partial charge in [0, 0.05) is 17.4 Å². The van der Waals surface area contributed by atoms with E-state index >= 15 is 0 Å². The molecule has 9 heteroatoms. The largest absolute Gasteiger partial charge is 0.345 e. The van der Waals surface area contributed by atoms with Crippen molar-refractivity contribution in [2.24, 2.45) is 0 Å². The van der Waals surface area contributed by atoms with Crippen LogP contribution >= 0.6 is 27.5 Å². The molecule has 2 rings (SSSR count). The van der Waals surface area contributed by atoms with E-state index in [1.165, 1.54) is 12.3 Å². The molecule has 1 N–H and O–H groups in total. The topological polar surface area (TPSA) is 46.9 Å². The predicted octanol–water partition coefficient (Wildman–Crippen LogP) is 3.76. The van der Waals surface area contributed by atoms with Crippen LogP contribution in [-0.4, -0.2) is 15.5 Å². The number of halogens is 5. The molecule has 1 aromatic heterocycles. The molecule has 0 aliphatic carbocycles. The van der Waals surface area contributed by atoms with Crippen LogP contribution in [0.25, 0.3) is 0 Å². The molecule has 1 heterocycles. The molecule has 0 radical (unpaired) electrons. The molecule has 0 saturated carbocycles. The lowest BCUT2D eigenvalue weighted by Crippen LogP contribution is -2.25. The summed E-state index contributed by atoms with van der Waals surface area (Å²) in [7, 11) is 0. The third kappa shape index (κ3) is 3.56. The Hall–Kier alpha value is -1.54. The second-order valence-electron chi connectivity index (χ2n) is 3.96. The van der Waals surface area contributed by atoms with Crippen molar-refractivity contribution in [1.82, 2.24) is 14.9 Å². The molecule has 112 valence electrons. The average Bonchev–Trinajstić information content (AvgIpc) is 2.88. The summed E-state index contributed by atoms with van der Waals surface area (Å²) in [6.45, 7) is -3.03. The molecular formula is C12H8BrClF3N3O. The summed E-state index contributed by atoms with van der Waals surface area (Å²) in [6, 6.07) is 2.45. The first-order valence-electron chi connectivity index (χ1n) is 5.62. The molecule has 0 aliphatic rings. The number of benzene rings is 1.